The number of rotatable bonds is 5. The second-order valence-electron chi connectivity index (χ2n) is 10.7. The van der Waals surface area contributed by atoms with E-state index in [9.17, 15) is 9.59 Å². The summed E-state index contributed by atoms with van der Waals surface area (Å²) >= 11 is 8.34. The Labute approximate surface area is 226 Å². The zero-order valence-corrected chi connectivity index (χ0v) is 23.8. The van der Waals surface area contributed by atoms with Crippen molar-refractivity contribution < 1.29 is 9.47 Å². The Kier molecular flexibility index (Phi) is 6.88. The standard InChI is InChI=1S/C28H34ClN3O4S/c1-15-13-21(37-6)20(26(33)30-15)14-32-12-11-19-22(27(32)34)16(2)24-25(23(19)29)36-28(3,35-24)17-7-9-18(10-8-17)31(4)5/h11-13,17-18H,7-10,14H2,1-6H3,(H,30,33)/t17?,18?,28-/m0/s1. The molecular weight excluding hydrogens is 510 g/mol. The molecule has 1 fully saturated rings. The van der Waals surface area contributed by atoms with Crippen LogP contribution in [0, 0.1) is 19.8 Å². The van der Waals surface area contributed by atoms with Gasteiger partial charge in [0.25, 0.3) is 16.9 Å². The largest absolute Gasteiger partial charge is 0.448 e. The molecule has 0 bridgehead atoms. The number of hydrogen-bond acceptors (Lipinski definition) is 6. The maximum absolute atomic E-state index is 13.7. The van der Waals surface area contributed by atoms with Gasteiger partial charge in [-0.3, -0.25) is 9.59 Å². The lowest BCUT2D eigenvalue weighted by atomic mass is 9.81. The molecule has 1 aromatic carbocycles. The molecule has 0 spiro atoms. The van der Waals surface area contributed by atoms with Crippen LogP contribution in [0.3, 0.4) is 0 Å². The lowest BCUT2D eigenvalue weighted by Gasteiger charge is -2.39. The van der Waals surface area contributed by atoms with Crippen molar-refractivity contribution in [3.63, 3.8) is 0 Å². The number of hydrogen-bond donors (Lipinski definition) is 1. The molecule has 5 rings (SSSR count). The number of nitrogens with one attached hydrogen (secondary N) is 1. The Balaban J connectivity index is 1.53. The zero-order valence-electron chi connectivity index (χ0n) is 22.2. The molecule has 1 saturated carbocycles. The lowest BCUT2D eigenvalue weighted by molar-refractivity contribution is -0.123. The van der Waals surface area contributed by atoms with Gasteiger partial charge in [-0.2, -0.15) is 0 Å². The van der Waals surface area contributed by atoms with Gasteiger partial charge in [0.15, 0.2) is 11.5 Å². The normalized spacial score (nSPS) is 23.2. The third-order valence-electron chi connectivity index (χ3n) is 8.08. The van der Waals surface area contributed by atoms with Crippen molar-refractivity contribution in [1.29, 1.82) is 0 Å². The van der Waals surface area contributed by atoms with Crippen LogP contribution in [0.2, 0.25) is 5.02 Å². The number of thioether (sulfide) groups is 1. The van der Waals surface area contributed by atoms with Crippen molar-refractivity contribution in [2.24, 2.45) is 5.92 Å². The zero-order chi connectivity index (χ0) is 26.6. The van der Waals surface area contributed by atoms with E-state index in [0.717, 1.165) is 36.3 Å². The first-order valence-corrected chi connectivity index (χ1v) is 14.3. The van der Waals surface area contributed by atoms with E-state index in [-0.39, 0.29) is 23.6 Å². The minimum absolute atomic E-state index is 0.166. The number of benzene rings is 1. The number of H-pyrrole nitrogens is 1. The molecule has 0 unspecified atom stereocenters. The van der Waals surface area contributed by atoms with Gasteiger partial charge in [-0.25, -0.2) is 0 Å². The van der Waals surface area contributed by atoms with Gasteiger partial charge in [0.05, 0.1) is 22.5 Å². The maximum atomic E-state index is 13.7. The SMILES string of the molecule is CSc1cc(C)[nH]c(=O)c1Cn1ccc2c(Cl)c3c(c(C)c2c1=O)O[C@](C)(C1CCC(N(C)C)CC1)O3. The highest BCUT2D eigenvalue weighted by Crippen LogP contribution is 2.53. The first kappa shape index (κ1) is 26.2. The number of nitrogens with zero attached hydrogens (tertiary/aromatic N) is 2. The van der Waals surface area contributed by atoms with Gasteiger partial charge in [-0.05, 0) is 72.0 Å². The maximum Gasteiger partial charge on any atom is 0.259 e. The van der Waals surface area contributed by atoms with Crippen molar-refractivity contribution in [3.05, 3.63) is 60.9 Å². The monoisotopic (exact) mass is 543 g/mol. The van der Waals surface area contributed by atoms with Crippen LogP contribution in [-0.2, 0) is 6.54 Å². The number of aromatic nitrogens is 2. The van der Waals surface area contributed by atoms with Crippen LogP contribution < -0.4 is 20.6 Å². The highest BCUT2D eigenvalue weighted by atomic mass is 35.5. The van der Waals surface area contributed by atoms with Crippen LogP contribution >= 0.6 is 23.4 Å². The summed E-state index contributed by atoms with van der Waals surface area (Å²) < 4.78 is 14.5. The smallest absolute Gasteiger partial charge is 0.259 e. The molecule has 3 aromatic rings. The molecule has 198 valence electrons. The number of halogens is 1. The van der Waals surface area contributed by atoms with Gasteiger partial charge < -0.3 is 23.9 Å². The molecule has 0 saturated heterocycles. The third-order valence-corrected chi connectivity index (χ3v) is 9.26. The van der Waals surface area contributed by atoms with Gasteiger partial charge in [-0.1, -0.05) is 11.6 Å². The molecule has 0 radical (unpaired) electrons. The first-order valence-electron chi connectivity index (χ1n) is 12.7. The molecule has 2 aromatic heterocycles. The second kappa shape index (κ2) is 9.71. The Morgan fingerprint density at radius 3 is 2.49 bits per heavy atom. The minimum atomic E-state index is -0.827. The third kappa shape index (κ3) is 4.47. The van der Waals surface area contributed by atoms with Crippen LogP contribution in [0.5, 0.6) is 11.5 Å². The fourth-order valence-corrected chi connectivity index (χ4v) is 6.84. The van der Waals surface area contributed by atoms with Crippen LogP contribution in [0.4, 0.5) is 0 Å². The van der Waals surface area contributed by atoms with Crippen molar-refractivity contribution in [3.8, 4) is 11.5 Å². The summed E-state index contributed by atoms with van der Waals surface area (Å²) in [6.45, 7) is 5.88. The highest BCUT2D eigenvalue weighted by molar-refractivity contribution is 7.98. The molecule has 3 heterocycles. The quantitative estimate of drug-likeness (QED) is 0.438. The topological polar surface area (TPSA) is 76.6 Å². The molecule has 1 aliphatic heterocycles. The fraction of sp³-hybridized carbons (Fsp3) is 0.500. The lowest BCUT2D eigenvalue weighted by Crippen LogP contribution is -2.46. The second-order valence-corrected chi connectivity index (χ2v) is 11.9. The van der Waals surface area contributed by atoms with Crippen LogP contribution in [0.15, 0.2) is 32.8 Å². The van der Waals surface area contributed by atoms with Crippen LogP contribution in [-0.4, -0.2) is 46.6 Å². The minimum Gasteiger partial charge on any atom is -0.448 e. The Morgan fingerprint density at radius 1 is 1.16 bits per heavy atom. The molecular formula is C28H34ClN3O4S. The predicted octanol–water partition coefficient (Wildman–Crippen LogP) is 5.34. The van der Waals surface area contributed by atoms with E-state index >= 15 is 0 Å². The summed E-state index contributed by atoms with van der Waals surface area (Å²) in [5, 5.41) is 1.51. The van der Waals surface area contributed by atoms with Crippen LogP contribution in [0.1, 0.15) is 49.4 Å². The van der Waals surface area contributed by atoms with Crippen molar-refractivity contribution in [2.75, 3.05) is 20.4 Å². The molecule has 0 amide bonds. The van der Waals surface area contributed by atoms with E-state index < -0.39 is 5.79 Å². The number of fused-ring (bicyclic) bond motifs is 2. The molecule has 9 heteroatoms. The summed E-state index contributed by atoms with van der Waals surface area (Å²) in [5.41, 5.74) is 1.66. The number of pyridine rings is 2. The summed E-state index contributed by atoms with van der Waals surface area (Å²) in [7, 11) is 4.26. The van der Waals surface area contributed by atoms with E-state index in [1.165, 1.54) is 11.8 Å². The van der Waals surface area contributed by atoms with Crippen molar-refractivity contribution in [2.45, 2.75) is 69.7 Å². The summed E-state index contributed by atoms with van der Waals surface area (Å²) in [6, 6.07) is 4.33. The van der Waals surface area contributed by atoms with Gasteiger partial charge in [0.2, 0.25) is 0 Å². The number of ether oxygens (including phenoxy) is 2. The summed E-state index contributed by atoms with van der Waals surface area (Å²) in [6.07, 6.45) is 7.80. The Morgan fingerprint density at radius 2 is 1.84 bits per heavy atom. The molecule has 1 aliphatic carbocycles. The summed E-state index contributed by atoms with van der Waals surface area (Å²) in [5.74, 6) is 0.458. The molecule has 37 heavy (non-hydrogen) atoms. The molecule has 1 N–H and O–H groups in total. The molecule has 1 atom stereocenters. The predicted molar refractivity (Wildman–Crippen MR) is 150 cm³/mol. The van der Waals surface area contributed by atoms with Crippen molar-refractivity contribution in [1.82, 2.24) is 14.5 Å². The Hall–Kier alpha value is -2.42. The van der Waals surface area contributed by atoms with Crippen LogP contribution in [0.25, 0.3) is 10.8 Å². The number of aryl methyl sites for hydroxylation is 2. The summed E-state index contributed by atoms with van der Waals surface area (Å²) in [4.78, 5) is 32.4. The average molecular weight is 544 g/mol. The van der Waals surface area contributed by atoms with E-state index in [1.54, 1.807) is 10.8 Å². The highest BCUT2D eigenvalue weighted by Gasteiger charge is 2.47. The average Bonchev–Trinajstić information content (AvgIpc) is 3.24. The Bertz CT molecular complexity index is 1490. The van der Waals surface area contributed by atoms with Gasteiger partial charge >= 0.3 is 0 Å². The van der Waals surface area contributed by atoms with Gasteiger partial charge in [0, 0.05) is 46.6 Å². The molecule has 7 nitrogen and oxygen atoms in total. The fourth-order valence-electron chi connectivity index (χ4n) is 5.86. The van der Waals surface area contributed by atoms with E-state index in [4.69, 9.17) is 21.1 Å². The molecule has 2 aliphatic rings. The van der Waals surface area contributed by atoms with Crippen molar-refractivity contribution >= 4 is 34.1 Å². The van der Waals surface area contributed by atoms with Gasteiger partial charge in [0.1, 0.15) is 0 Å². The van der Waals surface area contributed by atoms with E-state index in [0.29, 0.717) is 44.5 Å². The van der Waals surface area contributed by atoms with Gasteiger partial charge in [-0.15, -0.1) is 11.8 Å². The number of aromatic amines is 1. The first-order chi connectivity index (χ1) is 17.5. The van der Waals surface area contributed by atoms with E-state index in [1.807, 2.05) is 39.2 Å². The van der Waals surface area contributed by atoms with E-state index in [2.05, 4.69) is 24.0 Å².